The molecule has 5 rings (SSSR count). The van der Waals surface area contributed by atoms with E-state index in [4.69, 9.17) is 4.98 Å². The number of hydrogen-bond acceptors (Lipinski definition) is 7. The molecule has 1 amide bonds. The molecule has 0 unspecified atom stereocenters. The zero-order chi connectivity index (χ0) is 19.3. The molecule has 0 aromatic carbocycles. The standard InChI is InChI=1S/C20H25N7O/c1-13-18-16(23-14(2)24-19(18)25-7-3-8-25)11-27(13)20(28)15-5-9-26(10-15)17-4-6-21-12-22-17/h4,6,12-13,15H,3,5,7-11H2,1-2H3/t13-,15-/m1/s1. The second-order valence-electron chi connectivity index (χ2n) is 7.94. The van der Waals surface area contributed by atoms with Gasteiger partial charge < -0.3 is 14.7 Å². The fraction of sp³-hybridized carbons (Fsp3) is 0.550. The zero-order valence-electron chi connectivity index (χ0n) is 16.4. The lowest BCUT2D eigenvalue weighted by atomic mass is 10.1. The summed E-state index contributed by atoms with van der Waals surface area (Å²) in [5.41, 5.74) is 2.16. The first-order valence-corrected chi connectivity index (χ1v) is 10.1. The third-order valence-corrected chi connectivity index (χ3v) is 6.19. The maximum atomic E-state index is 13.4. The van der Waals surface area contributed by atoms with Crippen LogP contribution in [-0.2, 0) is 11.3 Å². The number of rotatable bonds is 3. The van der Waals surface area contributed by atoms with Gasteiger partial charge in [0.15, 0.2) is 0 Å². The van der Waals surface area contributed by atoms with E-state index in [0.717, 1.165) is 54.8 Å². The Balaban J connectivity index is 1.35. The summed E-state index contributed by atoms with van der Waals surface area (Å²) in [4.78, 5) is 37.5. The van der Waals surface area contributed by atoms with Gasteiger partial charge in [0.2, 0.25) is 5.91 Å². The highest BCUT2D eigenvalue weighted by Gasteiger charge is 2.40. The first-order valence-electron chi connectivity index (χ1n) is 10.1. The van der Waals surface area contributed by atoms with Gasteiger partial charge in [-0.1, -0.05) is 0 Å². The SMILES string of the molecule is Cc1nc2c(c(N3CCC3)n1)[C@@H](C)N(C(=O)[C@@H]1CCN(c3ccncn3)C1)C2. The van der Waals surface area contributed by atoms with Gasteiger partial charge in [0.1, 0.15) is 23.8 Å². The fourth-order valence-electron chi connectivity index (χ4n) is 4.54. The summed E-state index contributed by atoms with van der Waals surface area (Å²) < 4.78 is 0. The van der Waals surface area contributed by atoms with Gasteiger partial charge in [-0.15, -0.1) is 0 Å². The van der Waals surface area contributed by atoms with E-state index in [1.807, 2.05) is 17.9 Å². The number of hydrogen-bond donors (Lipinski definition) is 0. The normalized spacial score (nSPS) is 23.7. The number of fused-ring (bicyclic) bond motifs is 1. The Labute approximate surface area is 164 Å². The van der Waals surface area contributed by atoms with Crippen LogP contribution in [0.4, 0.5) is 11.6 Å². The average molecular weight is 379 g/mol. The summed E-state index contributed by atoms with van der Waals surface area (Å²) in [6.45, 7) is 8.28. The van der Waals surface area contributed by atoms with Crippen LogP contribution in [0.3, 0.4) is 0 Å². The van der Waals surface area contributed by atoms with Gasteiger partial charge in [0, 0.05) is 37.9 Å². The molecule has 0 radical (unpaired) electrons. The second-order valence-corrected chi connectivity index (χ2v) is 7.94. The molecule has 146 valence electrons. The van der Waals surface area contributed by atoms with Gasteiger partial charge >= 0.3 is 0 Å². The van der Waals surface area contributed by atoms with Crippen molar-refractivity contribution in [3.63, 3.8) is 0 Å². The van der Waals surface area contributed by atoms with Gasteiger partial charge in [0.25, 0.3) is 0 Å². The molecule has 5 heterocycles. The van der Waals surface area contributed by atoms with Crippen LogP contribution in [0, 0.1) is 12.8 Å². The van der Waals surface area contributed by atoms with Crippen LogP contribution in [0.15, 0.2) is 18.6 Å². The van der Waals surface area contributed by atoms with Crippen molar-refractivity contribution < 1.29 is 4.79 Å². The lowest BCUT2D eigenvalue weighted by molar-refractivity contribution is -0.137. The molecule has 0 aliphatic carbocycles. The Morgan fingerprint density at radius 1 is 1.18 bits per heavy atom. The molecule has 8 heteroatoms. The molecule has 28 heavy (non-hydrogen) atoms. The minimum absolute atomic E-state index is 0.00626. The Bertz CT molecular complexity index is 899. The molecule has 2 aromatic heterocycles. The van der Waals surface area contributed by atoms with Crippen LogP contribution in [-0.4, -0.2) is 56.9 Å². The van der Waals surface area contributed by atoms with Crippen LogP contribution >= 0.6 is 0 Å². The molecular formula is C20H25N7O. The van der Waals surface area contributed by atoms with E-state index in [1.54, 1.807) is 12.5 Å². The van der Waals surface area contributed by atoms with E-state index in [1.165, 1.54) is 6.42 Å². The number of carbonyl (C=O) groups excluding carboxylic acids is 1. The van der Waals surface area contributed by atoms with E-state index >= 15 is 0 Å². The van der Waals surface area contributed by atoms with Gasteiger partial charge in [-0.25, -0.2) is 19.9 Å². The number of anilines is 2. The molecule has 2 aromatic rings. The zero-order valence-corrected chi connectivity index (χ0v) is 16.4. The summed E-state index contributed by atoms with van der Waals surface area (Å²) in [5, 5.41) is 0. The minimum Gasteiger partial charge on any atom is -0.356 e. The van der Waals surface area contributed by atoms with Crippen LogP contribution in [0.1, 0.15) is 42.9 Å². The number of aryl methyl sites for hydroxylation is 1. The maximum Gasteiger partial charge on any atom is 0.228 e. The molecular weight excluding hydrogens is 354 g/mol. The van der Waals surface area contributed by atoms with Crippen LogP contribution < -0.4 is 9.80 Å². The van der Waals surface area contributed by atoms with Crippen molar-refractivity contribution >= 4 is 17.5 Å². The Morgan fingerprint density at radius 2 is 2.04 bits per heavy atom. The number of carbonyl (C=O) groups is 1. The van der Waals surface area contributed by atoms with Crippen molar-refractivity contribution in [2.75, 3.05) is 36.0 Å². The predicted octanol–water partition coefficient (Wildman–Crippen LogP) is 1.71. The van der Waals surface area contributed by atoms with Crippen molar-refractivity contribution in [1.29, 1.82) is 0 Å². The second kappa shape index (κ2) is 6.68. The highest BCUT2D eigenvalue weighted by atomic mass is 16.2. The quantitative estimate of drug-likeness (QED) is 0.803. The third kappa shape index (κ3) is 2.78. The molecule has 0 saturated carbocycles. The lowest BCUT2D eigenvalue weighted by Gasteiger charge is -2.34. The monoisotopic (exact) mass is 379 g/mol. The van der Waals surface area contributed by atoms with Crippen LogP contribution in [0.25, 0.3) is 0 Å². The van der Waals surface area contributed by atoms with Crippen molar-refractivity contribution in [3.8, 4) is 0 Å². The first-order chi connectivity index (χ1) is 13.6. The van der Waals surface area contributed by atoms with Crippen LogP contribution in [0.2, 0.25) is 0 Å². The van der Waals surface area contributed by atoms with E-state index in [0.29, 0.717) is 13.1 Å². The van der Waals surface area contributed by atoms with Crippen molar-refractivity contribution in [2.45, 2.75) is 39.3 Å². The van der Waals surface area contributed by atoms with E-state index < -0.39 is 0 Å². The maximum absolute atomic E-state index is 13.4. The molecule has 0 spiro atoms. The largest absolute Gasteiger partial charge is 0.356 e. The Kier molecular flexibility index (Phi) is 4.14. The number of nitrogens with zero attached hydrogens (tertiary/aromatic N) is 7. The Morgan fingerprint density at radius 3 is 2.75 bits per heavy atom. The third-order valence-electron chi connectivity index (χ3n) is 6.19. The van der Waals surface area contributed by atoms with Crippen molar-refractivity contribution in [1.82, 2.24) is 24.8 Å². The smallest absolute Gasteiger partial charge is 0.228 e. The van der Waals surface area contributed by atoms with Gasteiger partial charge in [0.05, 0.1) is 24.2 Å². The van der Waals surface area contributed by atoms with E-state index in [9.17, 15) is 4.79 Å². The Hall–Kier alpha value is -2.77. The summed E-state index contributed by atoms with van der Waals surface area (Å²) in [5.74, 6) is 2.93. The fourth-order valence-corrected chi connectivity index (χ4v) is 4.54. The van der Waals surface area contributed by atoms with Gasteiger partial charge in [-0.3, -0.25) is 4.79 Å². The molecule has 3 aliphatic rings. The predicted molar refractivity (Wildman–Crippen MR) is 105 cm³/mol. The van der Waals surface area contributed by atoms with Crippen molar-refractivity contribution in [3.05, 3.63) is 35.7 Å². The summed E-state index contributed by atoms with van der Waals surface area (Å²) >= 11 is 0. The minimum atomic E-state index is -0.00626. The highest BCUT2D eigenvalue weighted by molar-refractivity contribution is 5.82. The summed E-state index contributed by atoms with van der Waals surface area (Å²) in [6.07, 6.45) is 5.36. The van der Waals surface area contributed by atoms with E-state index in [-0.39, 0.29) is 17.9 Å². The number of aromatic nitrogens is 4. The van der Waals surface area contributed by atoms with Crippen molar-refractivity contribution in [2.24, 2.45) is 5.92 Å². The highest BCUT2D eigenvalue weighted by Crippen LogP contribution is 2.40. The first kappa shape index (κ1) is 17.3. The topological polar surface area (TPSA) is 78.4 Å². The molecule has 2 fully saturated rings. The van der Waals surface area contributed by atoms with Crippen LogP contribution in [0.5, 0.6) is 0 Å². The molecule has 0 bridgehead atoms. The molecule has 2 atom stereocenters. The summed E-state index contributed by atoms with van der Waals surface area (Å²) in [6, 6.07) is 1.92. The van der Waals surface area contributed by atoms with E-state index in [2.05, 4.69) is 31.7 Å². The molecule has 2 saturated heterocycles. The molecule has 3 aliphatic heterocycles. The summed E-state index contributed by atoms with van der Waals surface area (Å²) in [7, 11) is 0. The molecule has 8 nitrogen and oxygen atoms in total. The van der Waals surface area contributed by atoms with Gasteiger partial charge in [-0.2, -0.15) is 0 Å². The van der Waals surface area contributed by atoms with Gasteiger partial charge in [-0.05, 0) is 32.8 Å². The lowest BCUT2D eigenvalue weighted by Crippen LogP contribution is -2.39. The molecule has 0 N–H and O–H groups in total. The number of amides is 1. The average Bonchev–Trinajstić information content (AvgIpc) is 3.26.